The number of hydrogen-bond acceptors (Lipinski definition) is 3. The molecule has 0 saturated heterocycles. The predicted molar refractivity (Wildman–Crippen MR) is 103 cm³/mol. The maximum absolute atomic E-state index is 13.1. The Bertz CT molecular complexity index is 1150. The summed E-state index contributed by atoms with van der Waals surface area (Å²) < 4.78 is 39.2. The molecule has 2 aromatic carbocycles. The second-order valence-corrected chi connectivity index (χ2v) is 7.42. The highest BCUT2D eigenvalue weighted by atomic mass is 19.4. The molecule has 0 unspecified atom stereocenters. The van der Waals surface area contributed by atoms with E-state index in [9.17, 15) is 23.1 Å². The first kappa shape index (κ1) is 19.2. The van der Waals surface area contributed by atoms with Crippen LogP contribution < -0.4 is 5.11 Å². The molecule has 1 aromatic heterocycles. The van der Waals surface area contributed by atoms with E-state index in [1.54, 1.807) is 36.4 Å². The van der Waals surface area contributed by atoms with Gasteiger partial charge in [0.2, 0.25) is 0 Å². The van der Waals surface area contributed by atoms with Gasteiger partial charge >= 0.3 is 6.18 Å². The fourth-order valence-corrected chi connectivity index (χ4v) is 3.97. The maximum atomic E-state index is 13.1. The molecule has 0 bridgehead atoms. The van der Waals surface area contributed by atoms with Crippen LogP contribution in [0.15, 0.2) is 48.5 Å². The Hall–Kier alpha value is -3.15. The summed E-state index contributed by atoms with van der Waals surface area (Å²) in [6.45, 7) is 1.98. The second-order valence-electron chi connectivity index (χ2n) is 7.42. The van der Waals surface area contributed by atoms with E-state index in [2.05, 4.69) is 4.98 Å². The Balaban J connectivity index is 1.93. The highest BCUT2D eigenvalue weighted by molar-refractivity contribution is 6.05. The maximum Gasteiger partial charge on any atom is 0.416 e. The Labute approximate surface area is 165 Å². The molecule has 0 N–H and O–H groups in total. The molecule has 1 heterocycles. The molecular weight excluding hydrogens is 379 g/mol. The molecule has 6 heteroatoms. The van der Waals surface area contributed by atoms with Gasteiger partial charge in [0, 0.05) is 10.9 Å². The number of pyridine rings is 1. The lowest BCUT2D eigenvalue weighted by molar-refractivity contribution is -0.254. The van der Waals surface area contributed by atoms with Gasteiger partial charge in [0.1, 0.15) is 0 Å². The number of nitrogens with zero attached hydrogens (tertiary/aromatic N) is 1. The summed E-state index contributed by atoms with van der Waals surface area (Å²) >= 11 is 0. The zero-order chi connectivity index (χ0) is 20.8. The molecule has 0 saturated carbocycles. The Morgan fingerprint density at radius 1 is 1.14 bits per heavy atom. The molecule has 1 aliphatic rings. The Morgan fingerprint density at radius 3 is 2.62 bits per heavy atom. The molecule has 148 valence electrons. The quantitative estimate of drug-likeness (QED) is 0.629. The number of allylic oxidation sites excluding steroid dienone is 1. The van der Waals surface area contributed by atoms with Gasteiger partial charge in [-0.15, -0.1) is 0 Å². The van der Waals surface area contributed by atoms with Crippen molar-refractivity contribution in [3.8, 4) is 0 Å². The van der Waals surface area contributed by atoms with Gasteiger partial charge in [0.15, 0.2) is 0 Å². The van der Waals surface area contributed by atoms with Gasteiger partial charge in [-0.05, 0) is 59.7 Å². The predicted octanol–water partition coefficient (Wildman–Crippen LogP) is 4.74. The summed E-state index contributed by atoms with van der Waals surface area (Å²) in [4.78, 5) is 16.6. The van der Waals surface area contributed by atoms with Gasteiger partial charge in [0.05, 0.1) is 22.7 Å². The van der Waals surface area contributed by atoms with E-state index >= 15 is 0 Å². The van der Waals surface area contributed by atoms with Gasteiger partial charge in [-0.3, -0.25) is 0 Å². The molecule has 0 fully saturated rings. The van der Waals surface area contributed by atoms with Crippen molar-refractivity contribution in [1.29, 1.82) is 0 Å². The number of fused-ring (bicyclic) bond motifs is 2. The first-order valence-electron chi connectivity index (χ1n) is 9.25. The minimum absolute atomic E-state index is 0.118. The number of aromatic carboxylic acids is 1. The summed E-state index contributed by atoms with van der Waals surface area (Å²) in [6.07, 6.45) is -1.63. The molecule has 1 aliphatic carbocycles. The van der Waals surface area contributed by atoms with Crippen LogP contribution in [0, 0.1) is 5.92 Å². The number of carboxylic acid groups (broad SMARTS) is 1. The fraction of sp³-hybridized carbons (Fsp3) is 0.217. The van der Waals surface area contributed by atoms with Crippen molar-refractivity contribution in [1.82, 2.24) is 4.98 Å². The number of carbonyl (C=O) groups excluding carboxylic acids is 1. The van der Waals surface area contributed by atoms with Crippen molar-refractivity contribution in [2.45, 2.75) is 25.9 Å². The number of aromatic nitrogens is 1. The third-order valence-electron chi connectivity index (χ3n) is 5.18. The molecule has 0 aliphatic heterocycles. The van der Waals surface area contributed by atoms with Crippen molar-refractivity contribution in [3.05, 3.63) is 76.5 Å². The Kier molecular flexibility index (Phi) is 4.65. The standard InChI is InChI=1S/C23H18F3NO2/c1-13-9-15(11-14-5-4-6-16(12-14)23(24,25)26)21-18(10-13)20(22(28)29)17-7-2-3-8-19(17)27-21/h2-8,11-13H,9-10H2,1H3,(H,28,29)/p-1/b15-11+/t13-/m0/s1. The van der Waals surface area contributed by atoms with E-state index in [1.165, 1.54) is 6.07 Å². The minimum Gasteiger partial charge on any atom is -0.545 e. The van der Waals surface area contributed by atoms with E-state index in [1.807, 2.05) is 6.92 Å². The molecule has 0 spiro atoms. The normalized spacial score (nSPS) is 18.1. The van der Waals surface area contributed by atoms with Gasteiger partial charge in [0.25, 0.3) is 0 Å². The molecule has 4 rings (SSSR count). The van der Waals surface area contributed by atoms with Crippen LogP contribution in [0.2, 0.25) is 0 Å². The van der Waals surface area contributed by atoms with Crippen molar-refractivity contribution in [2.75, 3.05) is 0 Å². The van der Waals surface area contributed by atoms with Crippen LogP contribution >= 0.6 is 0 Å². The molecule has 3 nitrogen and oxygen atoms in total. The molecule has 0 radical (unpaired) electrons. The van der Waals surface area contributed by atoms with E-state index in [0.717, 1.165) is 17.7 Å². The molecule has 3 aromatic rings. The average Bonchev–Trinajstić information content (AvgIpc) is 2.65. The SMILES string of the molecule is C[C@H]1C/C(=C\c2cccc(C(F)(F)F)c2)c2nc3ccccc3c(C(=O)[O-])c2C1. The number of para-hydroxylation sites is 1. The van der Waals surface area contributed by atoms with E-state index in [-0.39, 0.29) is 11.5 Å². The third kappa shape index (κ3) is 3.62. The van der Waals surface area contributed by atoms with Crippen LogP contribution in [0.4, 0.5) is 13.2 Å². The van der Waals surface area contributed by atoms with E-state index in [0.29, 0.717) is 40.6 Å². The molecule has 0 amide bonds. The summed E-state index contributed by atoms with van der Waals surface area (Å²) in [6, 6.07) is 12.0. The van der Waals surface area contributed by atoms with Gasteiger partial charge in [-0.1, -0.05) is 37.3 Å². The molecule has 1 atom stereocenters. The topological polar surface area (TPSA) is 53.0 Å². The van der Waals surface area contributed by atoms with Gasteiger partial charge < -0.3 is 9.90 Å². The summed E-state index contributed by atoms with van der Waals surface area (Å²) in [5.74, 6) is -1.15. The van der Waals surface area contributed by atoms with Crippen LogP contribution in [0.1, 0.15) is 46.1 Å². The number of hydrogen-bond donors (Lipinski definition) is 0. The second kappa shape index (κ2) is 7.03. The number of carbonyl (C=O) groups is 1. The number of rotatable bonds is 2. The van der Waals surface area contributed by atoms with Crippen LogP contribution in [0.3, 0.4) is 0 Å². The van der Waals surface area contributed by atoms with Crippen molar-refractivity contribution in [2.24, 2.45) is 5.92 Å². The lowest BCUT2D eigenvalue weighted by atomic mass is 9.80. The first-order chi connectivity index (χ1) is 13.7. The lowest BCUT2D eigenvalue weighted by Crippen LogP contribution is -2.27. The van der Waals surface area contributed by atoms with Crippen LogP contribution in [0.25, 0.3) is 22.6 Å². The minimum atomic E-state index is -4.43. The number of carboxylic acids is 1. The fourth-order valence-electron chi connectivity index (χ4n) is 3.97. The summed E-state index contributed by atoms with van der Waals surface area (Å²) in [5.41, 5.74) is 2.16. The van der Waals surface area contributed by atoms with Crippen LogP contribution in [-0.2, 0) is 12.6 Å². The Morgan fingerprint density at radius 2 is 1.90 bits per heavy atom. The van der Waals surface area contributed by atoms with Crippen molar-refractivity contribution < 1.29 is 23.1 Å². The number of halogens is 3. The summed E-state index contributed by atoms with van der Waals surface area (Å²) in [5, 5.41) is 12.4. The third-order valence-corrected chi connectivity index (χ3v) is 5.18. The summed E-state index contributed by atoms with van der Waals surface area (Å²) in [7, 11) is 0. The highest BCUT2D eigenvalue weighted by Crippen LogP contribution is 2.38. The zero-order valence-electron chi connectivity index (χ0n) is 15.6. The monoisotopic (exact) mass is 396 g/mol. The van der Waals surface area contributed by atoms with Gasteiger partial charge in [-0.25, -0.2) is 4.98 Å². The lowest BCUT2D eigenvalue weighted by Gasteiger charge is -2.27. The van der Waals surface area contributed by atoms with Crippen molar-refractivity contribution >= 4 is 28.5 Å². The van der Waals surface area contributed by atoms with Gasteiger partial charge in [-0.2, -0.15) is 13.2 Å². The highest BCUT2D eigenvalue weighted by Gasteiger charge is 2.30. The van der Waals surface area contributed by atoms with E-state index in [4.69, 9.17) is 0 Å². The number of alkyl halides is 3. The molecule has 29 heavy (non-hydrogen) atoms. The molecular formula is C23H17F3NO2-. The van der Waals surface area contributed by atoms with Crippen molar-refractivity contribution in [3.63, 3.8) is 0 Å². The average molecular weight is 396 g/mol. The number of benzene rings is 2. The van der Waals surface area contributed by atoms with Crippen LogP contribution in [0.5, 0.6) is 0 Å². The van der Waals surface area contributed by atoms with Crippen LogP contribution in [-0.4, -0.2) is 11.0 Å². The zero-order valence-corrected chi connectivity index (χ0v) is 15.6. The van der Waals surface area contributed by atoms with E-state index < -0.39 is 17.7 Å². The smallest absolute Gasteiger partial charge is 0.416 e. The largest absolute Gasteiger partial charge is 0.545 e. The first-order valence-corrected chi connectivity index (χ1v) is 9.25.